The lowest BCUT2D eigenvalue weighted by atomic mass is 9.86. The minimum atomic E-state index is -4.60. The summed E-state index contributed by atoms with van der Waals surface area (Å²) in [5, 5.41) is 13.3. The van der Waals surface area contributed by atoms with Crippen molar-refractivity contribution in [3.05, 3.63) is 75.2 Å². The lowest BCUT2D eigenvalue weighted by Gasteiger charge is -2.23. The summed E-state index contributed by atoms with van der Waals surface area (Å²) >= 11 is 6.29. The second kappa shape index (κ2) is 8.79. The SMILES string of the molecule is O=CC1CCc2c(-c3ccc(C(=O)O)cc3F)nn(C(=O)c3c(Cl)cccc3C3(C(F)(F)F)CC3)c2C1. The van der Waals surface area contributed by atoms with Gasteiger partial charge in [-0.1, -0.05) is 23.7 Å². The van der Waals surface area contributed by atoms with Gasteiger partial charge in [-0.25, -0.2) is 9.18 Å². The number of carbonyl (C=O) groups excluding carboxylic acids is 2. The maximum absolute atomic E-state index is 15.0. The Bertz CT molecular complexity index is 1460. The molecule has 192 valence electrons. The van der Waals surface area contributed by atoms with Crippen molar-refractivity contribution in [2.75, 3.05) is 0 Å². The van der Waals surface area contributed by atoms with E-state index in [-0.39, 0.29) is 64.3 Å². The molecule has 0 radical (unpaired) electrons. The Balaban J connectivity index is 1.69. The van der Waals surface area contributed by atoms with Crippen LogP contribution in [-0.2, 0) is 23.1 Å². The van der Waals surface area contributed by atoms with Crippen LogP contribution in [0.25, 0.3) is 11.3 Å². The van der Waals surface area contributed by atoms with E-state index in [1.165, 1.54) is 30.3 Å². The third-order valence-electron chi connectivity index (χ3n) is 7.20. The zero-order valence-electron chi connectivity index (χ0n) is 19.1. The van der Waals surface area contributed by atoms with Crippen LogP contribution in [0.4, 0.5) is 17.6 Å². The fourth-order valence-electron chi connectivity index (χ4n) is 5.06. The van der Waals surface area contributed by atoms with E-state index in [1.54, 1.807) is 0 Å². The van der Waals surface area contributed by atoms with Gasteiger partial charge in [-0.15, -0.1) is 0 Å². The molecule has 1 N–H and O–H groups in total. The molecule has 11 heteroatoms. The van der Waals surface area contributed by atoms with E-state index in [1.807, 2.05) is 0 Å². The van der Waals surface area contributed by atoms with Gasteiger partial charge in [0, 0.05) is 17.0 Å². The second-order valence-electron chi connectivity index (χ2n) is 9.37. The van der Waals surface area contributed by atoms with Gasteiger partial charge in [-0.3, -0.25) is 4.79 Å². The van der Waals surface area contributed by atoms with Crippen LogP contribution in [0.5, 0.6) is 0 Å². The largest absolute Gasteiger partial charge is 0.478 e. The van der Waals surface area contributed by atoms with Crippen molar-refractivity contribution >= 4 is 29.8 Å². The molecule has 1 fully saturated rings. The fraction of sp³-hybridized carbons (Fsp3) is 0.308. The first kappa shape index (κ1) is 25.1. The first-order valence-electron chi connectivity index (χ1n) is 11.5. The third-order valence-corrected chi connectivity index (χ3v) is 7.52. The number of halogens is 5. The normalized spacial score (nSPS) is 18.2. The van der Waals surface area contributed by atoms with E-state index >= 15 is 0 Å². The molecule has 3 aromatic rings. The summed E-state index contributed by atoms with van der Waals surface area (Å²) < 4.78 is 57.9. The number of carbonyl (C=O) groups is 3. The molecule has 0 spiro atoms. The Morgan fingerprint density at radius 3 is 2.51 bits per heavy atom. The minimum absolute atomic E-state index is 0.0627. The Morgan fingerprint density at radius 2 is 1.92 bits per heavy atom. The molecule has 37 heavy (non-hydrogen) atoms. The highest BCUT2D eigenvalue weighted by molar-refractivity contribution is 6.34. The van der Waals surface area contributed by atoms with Crippen LogP contribution in [0.15, 0.2) is 36.4 Å². The molecule has 2 aliphatic carbocycles. The zero-order chi connectivity index (χ0) is 26.7. The second-order valence-corrected chi connectivity index (χ2v) is 9.78. The number of aldehydes is 1. The van der Waals surface area contributed by atoms with Crippen molar-refractivity contribution in [3.8, 4) is 11.3 Å². The monoisotopic (exact) mass is 534 g/mol. The summed E-state index contributed by atoms with van der Waals surface area (Å²) in [4.78, 5) is 36.6. The Morgan fingerprint density at radius 1 is 1.19 bits per heavy atom. The standard InChI is InChI=1S/C26H19ClF4N2O4/c27-18-3-1-2-17(25(8-9-25)26(29,30)31)21(18)23(35)33-20-10-13(12-34)4-6-16(20)22(32-33)15-7-5-14(24(36)37)11-19(15)28/h1-3,5,7,11-13H,4,6,8-10H2,(H,36,37). The Hall–Kier alpha value is -3.53. The summed E-state index contributed by atoms with van der Waals surface area (Å²) in [6, 6.07) is 7.15. The number of hydrogen-bond acceptors (Lipinski definition) is 4. The number of hydrogen-bond donors (Lipinski definition) is 1. The molecular weight excluding hydrogens is 516 g/mol. The quantitative estimate of drug-likeness (QED) is 0.339. The highest BCUT2D eigenvalue weighted by Gasteiger charge is 2.65. The molecule has 1 aromatic heterocycles. The van der Waals surface area contributed by atoms with Crippen LogP contribution in [0.1, 0.15) is 56.8 Å². The lowest BCUT2D eigenvalue weighted by molar-refractivity contribution is -0.160. The lowest BCUT2D eigenvalue weighted by Crippen LogP contribution is -2.32. The first-order chi connectivity index (χ1) is 17.5. The maximum atomic E-state index is 15.0. The topological polar surface area (TPSA) is 89.3 Å². The molecule has 6 nitrogen and oxygen atoms in total. The van der Waals surface area contributed by atoms with Crippen molar-refractivity contribution in [2.24, 2.45) is 5.92 Å². The molecule has 1 unspecified atom stereocenters. The molecule has 1 heterocycles. The van der Waals surface area contributed by atoms with Gasteiger partial charge in [0.2, 0.25) is 0 Å². The highest BCUT2D eigenvalue weighted by Crippen LogP contribution is 2.60. The van der Waals surface area contributed by atoms with Gasteiger partial charge in [0.15, 0.2) is 0 Å². The molecule has 0 aliphatic heterocycles. The van der Waals surface area contributed by atoms with E-state index in [2.05, 4.69) is 5.10 Å². The Kier molecular flexibility index (Phi) is 5.97. The Labute approximate surface area is 212 Å². The average Bonchev–Trinajstić information content (AvgIpc) is 3.59. The van der Waals surface area contributed by atoms with Gasteiger partial charge in [0.1, 0.15) is 12.1 Å². The molecule has 0 saturated heterocycles. The summed E-state index contributed by atoms with van der Waals surface area (Å²) in [5.41, 5.74) is -2.31. The van der Waals surface area contributed by atoms with Gasteiger partial charge in [0.05, 0.1) is 33.0 Å². The first-order valence-corrected chi connectivity index (χ1v) is 11.9. The number of carboxylic acids is 1. The minimum Gasteiger partial charge on any atom is -0.478 e. The van der Waals surface area contributed by atoms with E-state index in [4.69, 9.17) is 16.7 Å². The smallest absolute Gasteiger partial charge is 0.398 e. The van der Waals surface area contributed by atoms with Crippen LogP contribution in [0.2, 0.25) is 5.02 Å². The van der Waals surface area contributed by atoms with Crippen molar-refractivity contribution < 1.29 is 37.1 Å². The summed E-state index contributed by atoms with van der Waals surface area (Å²) in [6.45, 7) is 0. The van der Waals surface area contributed by atoms with Gasteiger partial charge in [-0.05, 0) is 61.9 Å². The van der Waals surface area contributed by atoms with E-state index in [9.17, 15) is 31.9 Å². The molecule has 5 rings (SSSR count). The van der Waals surface area contributed by atoms with Crippen molar-refractivity contribution in [3.63, 3.8) is 0 Å². The number of fused-ring (bicyclic) bond motifs is 1. The number of aromatic nitrogens is 2. The number of alkyl halides is 3. The van der Waals surface area contributed by atoms with E-state index < -0.39 is 35.2 Å². The van der Waals surface area contributed by atoms with E-state index in [0.717, 1.165) is 17.0 Å². The molecule has 0 bridgehead atoms. The van der Waals surface area contributed by atoms with Crippen molar-refractivity contribution in [2.45, 2.75) is 43.7 Å². The number of carboxylic acid groups (broad SMARTS) is 1. The highest BCUT2D eigenvalue weighted by atomic mass is 35.5. The van der Waals surface area contributed by atoms with Crippen molar-refractivity contribution in [1.82, 2.24) is 9.78 Å². The number of aromatic carboxylic acids is 1. The van der Waals surface area contributed by atoms with Gasteiger partial charge in [0.25, 0.3) is 5.91 Å². The van der Waals surface area contributed by atoms with Crippen LogP contribution < -0.4 is 0 Å². The molecule has 1 atom stereocenters. The third kappa shape index (κ3) is 4.03. The van der Waals surface area contributed by atoms with Crippen LogP contribution in [0.3, 0.4) is 0 Å². The molecule has 1 saturated carbocycles. The molecule has 0 amide bonds. The fourth-order valence-corrected chi connectivity index (χ4v) is 5.31. The van der Waals surface area contributed by atoms with Crippen molar-refractivity contribution in [1.29, 1.82) is 0 Å². The van der Waals surface area contributed by atoms with Gasteiger partial charge >= 0.3 is 12.1 Å². The zero-order valence-corrected chi connectivity index (χ0v) is 19.9. The van der Waals surface area contributed by atoms with Crippen LogP contribution >= 0.6 is 11.6 Å². The summed E-state index contributed by atoms with van der Waals surface area (Å²) in [7, 11) is 0. The summed E-state index contributed by atoms with van der Waals surface area (Å²) in [6.07, 6.45) is -3.48. The molecule has 2 aliphatic rings. The number of nitrogens with zero attached hydrogens (tertiary/aromatic N) is 2. The van der Waals surface area contributed by atoms with Crippen LogP contribution in [-0.4, -0.2) is 39.2 Å². The number of rotatable bonds is 5. The van der Waals surface area contributed by atoms with E-state index in [0.29, 0.717) is 12.0 Å². The maximum Gasteiger partial charge on any atom is 0.398 e. The van der Waals surface area contributed by atoms with Crippen LogP contribution in [0, 0.1) is 11.7 Å². The van der Waals surface area contributed by atoms with Gasteiger partial charge in [-0.2, -0.15) is 23.0 Å². The average molecular weight is 535 g/mol. The number of benzene rings is 2. The predicted octanol–water partition coefficient (Wildman–Crippen LogP) is 5.63. The summed E-state index contributed by atoms with van der Waals surface area (Å²) in [5.74, 6) is -3.58. The predicted molar refractivity (Wildman–Crippen MR) is 124 cm³/mol. The molecular formula is C26H19ClF4N2O4. The molecule has 2 aromatic carbocycles. The van der Waals surface area contributed by atoms with Gasteiger partial charge < -0.3 is 9.90 Å².